The molecule has 2 aromatic rings. The maximum atomic E-state index is 11.9. The Morgan fingerprint density at radius 3 is 3.15 bits per heavy atom. The number of hydrogen-bond acceptors (Lipinski definition) is 3. The predicted octanol–water partition coefficient (Wildman–Crippen LogP) is 2.71. The van der Waals surface area contributed by atoms with Gasteiger partial charge in [0.15, 0.2) is 0 Å². The lowest BCUT2D eigenvalue weighted by atomic mass is 10.1. The number of nitrogens with one attached hydrogen (secondary N) is 2. The number of carbonyl (C=O) groups excluding carboxylic acids is 1. The van der Waals surface area contributed by atoms with Crippen LogP contribution in [0.2, 0.25) is 0 Å². The second-order valence-corrected chi connectivity index (χ2v) is 5.30. The first kappa shape index (κ1) is 13.1. The van der Waals surface area contributed by atoms with Crippen molar-refractivity contribution in [2.75, 3.05) is 11.9 Å². The van der Waals surface area contributed by atoms with Gasteiger partial charge >= 0.3 is 0 Å². The van der Waals surface area contributed by atoms with E-state index in [1.807, 2.05) is 30.3 Å². The second-order valence-electron chi connectivity index (χ2n) is 5.30. The quantitative estimate of drug-likeness (QED) is 0.897. The molecule has 0 radical (unpaired) electrons. The molecular weight excluding hydrogens is 250 g/mol. The molecule has 104 valence electrons. The predicted molar refractivity (Wildman–Crippen MR) is 80.6 cm³/mol. The minimum atomic E-state index is 0.0655. The third-order valence-electron chi connectivity index (χ3n) is 3.76. The molecule has 4 heteroatoms. The number of carbonyl (C=O) groups is 1. The summed E-state index contributed by atoms with van der Waals surface area (Å²) in [6, 6.07) is 10.4. The fraction of sp³-hybridized carbons (Fsp3) is 0.375. The highest BCUT2D eigenvalue weighted by Gasteiger charge is 2.15. The fourth-order valence-electron chi connectivity index (χ4n) is 2.67. The molecule has 0 bridgehead atoms. The highest BCUT2D eigenvalue weighted by atomic mass is 16.1. The third kappa shape index (κ3) is 3.14. The third-order valence-corrected chi connectivity index (χ3v) is 3.76. The minimum Gasteiger partial charge on any atom is -0.325 e. The highest BCUT2D eigenvalue weighted by molar-refractivity contribution is 5.93. The Balaban J connectivity index is 1.59. The van der Waals surface area contributed by atoms with Crippen LogP contribution < -0.4 is 10.6 Å². The summed E-state index contributed by atoms with van der Waals surface area (Å²) in [5.74, 6) is 0.0655. The van der Waals surface area contributed by atoms with Crippen LogP contribution in [-0.2, 0) is 4.79 Å². The van der Waals surface area contributed by atoms with E-state index in [2.05, 4.69) is 15.6 Å². The summed E-state index contributed by atoms with van der Waals surface area (Å²) in [6.07, 6.45) is 5.59. The zero-order chi connectivity index (χ0) is 13.8. The Hall–Kier alpha value is -1.94. The van der Waals surface area contributed by atoms with E-state index in [0.717, 1.165) is 29.6 Å². The number of pyridine rings is 1. The van der Waals surface area contributed by atoms with Crippen LogP contribution in [-0.4, -0.2) is 23.5 Å². The number of hydrogen-bond donors (Lipinski definition) is 2. The van der Waals surface area contributed by atoms with E-state index in [-0.39, 0.29) is 5.91 Å². The molecule has 1 amide bonds. The van der Waals surface area contributed by atoms with Gasteiger partial charge in [-0.3, -0.25) is 9.78 Å². The number of rotatable bonds is 4. The van der Waals surface area contributed by atoms with Gasteiger partial charge in [0.1, 0.15) is 0 Å². The summed E-state index contributed by atoms with van der Waals surface area (Å²) in [5.41, 5.74) is 1.72. The van der Waals surface area contributed by atoms with Crippen molar-refractivity contribution in [3.63, 3.8) is 0 Å². The number of anilines is 1. The minimum absolute atomic E-state index is 0.0655. The molecule has 0 spiro atoms. The highest BCUT2D eigenvalue weighted by Crippen LogP contribution is 2.17. The largest absolute Gasteiger partial charge is 0.325 e. The first-order valence-corrected chi connectivity index (χ1v) is 7.19. The summed E-state index contributed by atoms with van der Waals surface area (Å²) in [5, 5.41) is 7.38. The molecule has 1 saturated heterocycles. The molecule has 2 heterocycles. The number of nitrogens with zero attached hydrogens (tertiary/aromatic N) is 1. The topological polar surface area (TPSA) is 54.0 Å². The van der Waals surface area contributed by atoms with Crippen molar-refractivity contribution in [3.8, 4) is 0 Å². The lowest BCUT2D eigenvalue weighted by Gasteiger charge is -2.10. The summed E-state index contributed by atoms with van der Waals surface area (Å²) >= 11 is 0. The van der Waals surface area contributed by atoms with E-state index in [1.165, 1.54) is 12.8 Å². The van der Waals surface area contributed by atoms with E-state index in [0.29, 0.717) is 12.5 Å². The van der Waals surface area contributed by atoms with Gasteiger partial charge in [0, 0.05) is 17.8 Å². The van der Waals surface area contributed by atoms with Gasteiger partial charge in [0.2, 0.25) is 5.91 Å². The van der Waals surface area contributed by atoms with Crippen LogP contribution in [0.15, 0.2) is 36.5 Å². The number of benzene rings is 1. The van der Waals surface area contributed by atoms with E-state index in [4.69, 9.17) is 0 Å². The zero-order valence-corrected chi connectivity index (χ0v) is 11.4. The molecular formula is C16H19N3O. The van der Waals surface area contributed by atoms with Crippen molar-refractivity contribution in [2.24, 2.45) is 0 Å². The van der Waals surface area contributed by atoms with Crippen LogP contribution in [0.3, 0.4) is 0 Å². The second kappa shape index (κ2) is 6.01. The molecule has 1 fully saturated rings. The maximum Gasteiger partial charge on any atom is 0.224 e. The Labute approximate surface area is 118 Å². The summed E-state index contributed by atoms with van der Waals surface area (Å²) in [4.78, 5) is 16.3. The smallest absolute Gasteiger partial charge is 0.224 e. The van der Waals surface area contributed by atoms with Crippen molar-refractivity contribution in [1.82, 2.24) is 10.3 Å². The number of para-hydroxylation sites is 1. The molecule has 1 atom stereocenters. The fourth-order valence-corrected chi connectivity index (χ4v) is 2.67. The van der Waals surface area contributed by atoms with Gasteiger partial charge in [0.05, 0.1) is 17.4 Å². The van der Waals surface area contributed by atoms with Crippen LogP contribution in [0, 0.1) is 0 Å². The molecule has 1 aromatic carbocycles. The maximum absolute atomic E-state index is 11.9. The standard InChI is InChI=1S/C16H19N3O/c20-16(8-7-13-5-3-9-17-13)19-14-10-12-4-1-2-6-15(12)18-11-14/h1-2,4,6,10-11,13,17H,3,5,7-9H2,(H,19,20). The Bertz CT molecular complexity index is 605. The van der Waals surface area contributed by atoms with Crippen molar-refractivity contribution >= 4 is 22.5 Å². The molecule has 1 aromatic heterocycles. The van der Waals surface area contributed by atoms with Gasteiger partial charge in [-0.25, -0.2) is 0 Å². The van der Waals surface area contributed by atoms with Crippen molar-refractivity contribution in [2.45, 2.75) is 31.7 Å². The monoisotopic (exact) mass is 269 g/mol. The molecule has 3 rings (SSSR count). The van der Waals surface area contributed by atoms with Gasteiger partial charge in [-0.1, -0.05) is 18.2 Å². The molecule has 1 unspecified atom stereocenters. The lowest BCUT2D eigenvalue weighted by Crippen LogP contribution is -2.23. The SMILES string of the molecule is O=C(CCC1CCCN1)Nc1cnc2ccccc2c1. The van der Waals surface area contributed by atoms with E-state index >= 15 is 0 Å². The van der Waals surface area contributed by atoms with Gasteiger partial charge < -0.3 is 10.6 Å². The lowest BCUT2D eigenvalue weighted by molar-refractivity contribution is -0.116. The summed E-state index contributed by atoms with van der Waals surface area (Å²) in [7, 11) is 0. The molecule has 1 aliphatic rings. The van der Waals surface area contributed by atoms with Crippen molar-refractivity contribution < 1.29 is 4.79 Å². The Kier molecular flexibility index (Phi) is 3.92. The molecule has 20 heavy (non-hydrogen) atoms. The van der Waals surface area contributed by atoms with Crippen LogP contribution in [0.1, 0.15) is 25.7 Å². The van der Waals surface area contributed by atoms with E-state index in [1.54, 1.807) is 6.20 Å². The van der Waals surface area contributed by atoms with Crippen LogP contribution in [0.25, 0.3) is 10.9 Å². The average molecular weight is 269 g/mol. The molecule has 4 nitrogen and oxygen atoms in total. The number of fused-ring (bicyclic) bond motifs is 1. The Morgan fingerprint density at radius 2 is 2.30 bits per heavy atom. The van der Waals surface area contributed by atoms with Gasteiger partial charge in [-0.15, -0.1) is 0 Å². The molecule has 0 aliphatic carbocycles. The van der Waals surface area contributed by atoms with E-state index in [9.17, 15) is 4.79 Å². The normalized spacial score (nSPS) is 18.3. The Morgan fingerprint density at radius 1 is 1.40 bits per heavy atom. The van der Waals surface area contributed by atoms with Crippen molar-refractivity contribution in [3.05, 3.63) is 36.5 Å². The zero-order valence-electron chi connectivity index (χ0n) is 11.4. The first-order chi connectivity index (χ1) is 9.81. The van der Waals surface area contributed by atoms with Gasteiger partial charge in [0.25, 0.3) is 0 Å². The van der Waals surface area contributed by atoms with Gasteiger partial charge in [-0.2, -0.15) is 0 Å². The first-order valence-electron chi connectivity index (χ1n) is 7.19. The number of amides is 1. The van der Waals surface area contributed by atoms with Crippen LogP contribution >= 0.6 is 0 Å². The van der Waals surface area contributed by atoms with Crippen molar-refractivity contribution in [1.29, 1.82) is 0 Å². The van der Waals surface area contributed by atoms with Crippen LogP contribution in [0.5, 0.6) is 0 Å². The summed E-state index contributed by atoms with van der Waals surface area (Å²) < 4.78 is 0. The molecule has 2 N–H and O–H groups in total. The van der Waals surface area contributed by atoms with Crippen LogP contribution in [0.4, 0.5) is 5.69 Å². The number of aromatic nitrogens is 1. The summed E-state index contributed by atoms with van der Waals surface area (Å²) in [6.45, 7) is 1.08. The molecule has 1 aliphatic heterocycles. The molecule has 0 saturated carbocycles. The average Bonchev–Trinajstić information content (AvgIpc) is 2.98. The van der Waals surface area contributed by atoms with E-state index < -0.39 is 0 Å². The van der Waals surface area contributed by atoms with Gasteiger partial charge in [-0.05, 0) is 37.9 Å².